The minimum atomic E-state index is -0.329. The third-order valence-corrected chi connectivity index (χ3v) is 6.26. The van der Waals surface area contributed by atoms with E-state index in [2.05, 4.69) is 32.9 Å². The molecule has 1 aromatic rings. The lowest BCUT2D eigenvalue weighted by Crippen LogP contribution is -2.41. The van der Waals surface area contributed by atoms with Crippen LogP contribution >= 0.6 is 0 Å². The highest BCUT2D eigenvalue weighted by Crippen LogP contribution is 2.46. The van der Waals surface area contributed by atoms with E-state index in [0.717, 1.165) is 24.8 Å². The first-order valence-electron chi connectivity index (χ1n) is 9.70. The van der Waals surface area contributed by atoms with E-state index in [9.17, 15) is 9.59 Å². The van der Waals surface area contributed by atoms with Gasteiger partial charge in [0.05, 0.1) is 17.5 Å². The lowest BCUT2D eigenvalue weighted by atomic mass is 9.74. The summed E-state index contributed by atoms with van der Waals surface area (Å²) in [7, 11) is 1.77. The van der Waals surface area contributed by atoms with E-state index in [4.69, 9.17) is 4.74 Å². The quantitative estimate of drug-likeness (QED) is 0.808. The van der Waals surface area contributed by atoms with E-state index in [-0.39, 0.29) is 29.8 Å². The van der Waals surface area contributed by atoms with Crippen molar-refractivity contribution in [3.05, 3.63) is 46.7 Å². The van der Waals surface area contributed by atoms with Gasteiger partial charge in [-0.05, 0) is 42.2 Å². The zero-order chi connectivity index (χ0) is 18.6. The first kappa shape index (κ1) is 17.3. The van der Waals surface area contributed by atoms with Gasteiger partial charge in [0.1, 0.15) is 6.10 Å². The number of ketones is 1. The third-order valence-electron chi connectivity index (χ3n) is 6.26. The summed E-state index contributed by atoms with van der Waals surface area (Å²) in [6.07, 6.45) is 2.65. The summed E-state index contributed by atoms with van der Waals surface area (Å²) in [5.74, 6) is 1.14. The zero-order valence-corrected chi connectivity index (χ0v) is 16.0. The highest BCUT2D eigenvalue weighted by molar-refractivity contribution is 6.11. The van der Waals surface area contributed by atoms with Gasteiger partial charge in [-0.2, -0.15) is 0 Å². The largest absolute Gasteiger partial charge is 0.483 e. The van der Waals surface area contributed by atoms with Crippen LogP contribution in [0.2, 0.25) is 0 Å². The predicted molar refractivity (Wildman–Crippen MR) is 99.5 cm³/mol. The molecule has 0 N–H and O–H groups in total. The smallest absolute Gasteiger partial charge is 0.289 e. The minimum absolute atomic E-state index is 0.103. The number of fused-ring (bicyclic) bond motifs is 1. The molecule has 4 nitrogen and oxygen atoms in total. The standard InChI is InChI=1S/C22H27NO3/c1-12(2)14-6-8-15(9-7-14)19-18-20(24)16-11-13(3)5-10-17(16)26-21(18)22(25)23(19)4/h6-9,12-13,16-17,19H,5,10-11H2,1-4H3. The fraction of sp³-hybridized carbons (Fsp3) is 0.545. The summed E-state index contributed by atoms with van der Waals surface area (Å²) in [6.45, 7) is 6.51. The maximum atomic E-state index is 13.3. The van der Waals surface area contributed by atoms with Crippen molar-refractivity contribution in [2.24, 2.45) is 11.8 Å². The topological polar surface area (TPSA) is 46.6 Å². The van der Waals surface area contributed by atoms with Crippen LogP contribution in [0.3, 0.4) is 0 Å². The molecule has 26 heavy (non-hydrogen) atoms. The van der Waals surface area contributed by atoms with Gasteiger partial charge in [-0.1, -0.05) is 45.0 Å². The second-order valence-corrected chi connectivity index (χ2v) is 8.43. The van der Waals surface area contributed by atoms with E-state index in [1.165, 1.54) is 5.56 Å². The van der Waals surface area contributed by atoms with Crippen LogP contribution in [0.1, 0.15) is 63.1 Å². The Morgan fingerprint density at radius 1 is 1.12 bits per heavy atom. The third kappa shape index (κ3) is 2.58. The van der Waals surface area contributed by atoms with Crippen molar-refractivity contribution in [3.63, 3.8) is 0 Å². The Bertz CT molecular complexity index is 777. The number of likely N-dealkylation sites (N-methyl/N-ethyl adjacent to an activating group) is 1. The molecule has 0 spiro atoms. The van der Waals surface area contributed by atoms with Crippen LogP contribution in [0.15, 0.2) is 35.6 Å². The van der Waals surface area contributed by atoms with Crippen LogP contribution in [0.25, 0.3) is 0 Å². The Balaban J connectivity index is 1.73. The van der Waals surface area contributed by atoms with Gasteiger partial charge in [0.2, 0.25) is 0 Å². The maximum Gasteiger partial charge on any atom is 0.289 e. The van der Waals surface area contributed by atoms with Crippen molar-refractivity contribution in [3.8, 4) is 0 Å². The average Bonchev–Trinajstić information content (AvgIpc) is 2.87. The normalized spacial score (nSPS) is 31.2. The van der Waals surface area contributed by atoms with Crippen LogP contribution in [0.4, 0.5) is 0 Å². The molecule has 4 atom stereocenters. The molecule has 3 aliphatic rings. The molecule has 1 aromatic carbocycles. The predicted octanol–water partition coefficient (Wildman–Crippen LogP) is 3.98. The van der Waals surface area contributed by atoms with Gasteiger partial charge in [0, 0.05) is 7.05 Å². The van der Waals surface area contributed by atoms with Crippen molar-refractivity contribution in [1.29, 1.82) is 0 Å². The van der Waals surface area contributed by atoms with Crippen molar-refractivity contribution < 1.29 is 14.3 Å². The molecule has 0 saturated heterocycles. The first-order valence-corrected chi connectivity index (χ1v) is 9.70. The second-order valence-electron chi connectivity index (χ2n) is 8.43. The summed E-state index contributed by atoms with van der Waals surface area (Å²) in [6, 6.07) is 7.95. The van der Waals surface area contributed by atoms with Crippen LogP contribution in [-0.4, -0.2) is 29.7 Å². The van der Waals surface area contributed by atoms with Gasteiger partial charge in [0.15, 0.2) is 11.5 Å². The number of amides is 1. The second kappa shape index (κ2) is 6.26. The number of benzene rings is 1. The minimum Gasteiger partial charge on any atom is -0.483 e. The molecule has 0 aromatic heterocycles. The first-order chi connectivity index (χ1) is 12.4. The molecule has 4 heteroatoms. The molecule has 4 rings (SSSR count). The molecule has 1 saturated carbocycles. The Kier molecular flexibility index (Phi) is 4.17. The van der Waals surface area contributed by atoms with E-state index in [1.54, 1.807) is 11.9 Å². The molecule has 1 fully saturated rings. The Hall–Kier alpha value is -2.10. The molecule has 0 radical (unpaired) electrons. The monoisotopic (exact) mass is 353 g/mol. The Morgan fingerprint density at radius 3 is 2.46 bits per heavy atom. The van der Waals surface area contributed by atoms with Crippen LogP contribution in [-0.2, 0) is 14.3 Å². The lowest BCUT2D eigenvalue weighted by Gasteiger charge is -2.37. The van der Waals surface area contributed by atoms with Gasteiger partial charge >= 0.3 is 0 Å². The molecule has 138 valence electrons. The van der Waals surface area contributed by atoms with Crippen molar-refractivity contribution in [2.45, 2.75) is 58.1 Å². The molecule has 4 unspecified atom stereocenters. The molecular formula is C22H27NO3. The van der Waals surface area contributed by atoms with Gasteiger partial charge in [-0.25, -0.2) is 0 Å². The Labute approximate surface area is 155 Å². The molecule has 1 amide bonds. The average molecular weight is 353 g/mol. The van der Waals surface area contributed by atoms with E-state index in [1.807, 2.05) is 12.1 Å². The zero-order valence-electron chi connectivity index (χ0n) is 16.0. The summed E-state index contributed by atoms with van der Waals surface area (Å²) < 4.78 is 6.10. The highest BCUT2D eigenvalue weighted by atomic mass is 16.5. The number of rotatable bonds is 2. The molecule has 2 heterocycles. The number of nitrogens with zero attached hydrogens (tertiary/aromatic N) is 1. The highest BCUT2D eigenvalue weighted by Gasteiger charge is 2.51. The van der Waals surface area contributed by atoms with Gasteiger partial charge < -0.3 is 9.64 Å². The van der Waals surface area contributed by atoms with Gasteiger partial charge in [-0.3, -0.25) is 9.59 Å². The summed E-state index contributed by atoms with van der Waals surface area (Å²) in [4.78, 5) is 27.8. The van der Waals surface area contributed by atoms with Crippen molar-refractivity contribution in [2.75, 3.05) is 7.05 Å². The summed E-state index contributed by atoms with van der Waals surface area (Å²) in [5.41, 5.74) is 2.81. The number of ether oxygens (including phenoxy) is 1. The molecule has 0 bridgehead atoms. The summed E-state index contributed by atoms with van der Waals surface area (Å²) in [5, 5.41) is 0. The lowest BCUT2D eigenvalue weighted by molar-refractivity contribution is -0.135. The number of hydrogen-bond acceptors (Lipinski definition) is 3. The maximum absolute atomic E-state index is 13.3. The van der Waals surface area contributed by atoms with E-state index in [0.29, 0.717) is 23.2 Å². The molecule has 2 aliphatic heterocycles. The molecule has 1 aliphatic carbocycles. The van der Waals surface area contributed by atoms with Crippen LogP contribution < -0.4 is 0 Å². The van der Waals surface area contributed by atoms with Crippen LogP contribution in [0.5, 0.6) is 0 Å². The van der Waals surface area contributed by atoms with E-state index < -0.39 is 0 Å². The fourth-order valence-electron chi connectivity index (χ4n) is 4.65. The van der Waals surface area contributed by atoms with Crippen LogP contribution in [0, 0.1) is 11.8 Å². The number of hydrogen-bond donors (Lipinski definition) is 0. The fourth-order valence-corrected chi connectivity index (χ4v) is 4.65. The van der Waals surface area contributed by atoms with E-state index >= 15 is 0 Å². The number of Topliss-reactive ketones (excluding diaryl/α,β-unsaturated/α-hetero) is 1. The SMILES string of the molecule is CC1CCC2OC3=C(C(=O)C2C1)C(c1ccc(C(C)C)cc1)N(C)C3=O. The Morgan fingerprint density at radius 2 is 1.81 bits per heavy atom. The van der Waals surface area contributed by atoms with Gasteiger partial charge in [0.25, 0.3) is 5.91 Å². The summed E-state index contributed by atoms with van der Waals surface area (Å²) >= 11 is 0. The van der Waals surface area contributed by atoms with Crippen molar-refractivity contribution >= 4 is 11.7 Å². The molecular weight excluding hydrogens is 326 g/mol. The number of carbonyl (C=O) groups is 2. The van der Waals surface area contributed by atoms with Gasteiger partial charge in [-0.15, -0.1) is 0 Å². The van der Waals surface area contributed by atoms with Crippen molar-refractivity contribution in [1.82, 2.24) is 4.90 Å². The number of carbonyl (C=O) groups excluding carboxylic acids is 2.